The smallest absolute Gasteiger partial charge is 0.159 e. The van der Waals surface area contributed by atoms with Crippen molar-refractivity contribution >= 4 is 82.5 Å². The van der Waals surface area contributed by atoms with Gasteiger partial charge in [0.05, 0.1) is 11.4 Å². The van der Waals surface area contributed by atoms with Crippen molar-refractivity contribution in [3.63, 3.8) is 0 Å². The highest BCUT2D eigenvalue weighted by atomic mass is 32.1. The van der Waals surface area contributed by atoms with Gasteiger partial charge in [0.15, 0.2) is 5.58 Å². The number of hydrogen-bond donors (Lipinski definition) is 0. The van der Waals surface area contributed by atoms with Gasteiger partial charge in [0.1, 0.15) is 5.76 Å². The van der Waals surface area contributed by atoms with E-state index in [1.807, 2.05) is 24.3 Å². The molecule has 9 aromatic rings. The Balaban J connectivity index is 1.16. The Labute approximate surface area is 313 Å². The van der Waals surface area contributed by atoms with E-state index in [1.54, 1.807) is 0 Å². The molecule has 0 spiro atoms. The molecule has 0 N–H and O–H groups in total. The minimum atomic E-state index is -0.221. The lowest BCUT2D eigenvalue weighted by Gasteiger charge is -2.29. The van der Waals surface area contributed by atoms with Gasteiger partial charge in [-0.3, -0.25) is 0 Å². The van der Waals surface area contributed by atoms with Crippen molar-refractivity contribution < 1.29 is 4.42 Å². The molecule has 0 unspecified atom stereocenters. The van der Waals surface area contributed by atoms with Crippen molar-refractivity contribution in [3.8, 4) is 22.3 Å². The van der Waals surface area contributed by atoms with E-state index < -0.39 is 0 Å². The molecule has 1 aliphatic rings. The number of nitrogens with zero attached hydrogens (tertiary/aromatic N) is 1. The van der Waals surface area contributed by atoms with Gasteiger partial charge in [-0.25, -0.2) is 0 Å². The van der Waals surface area contributed by atoms with E-state index in [2.05, 4.69) is 177 Å². The number of hydrogen-bond acceptors (Lipinski definition) is 3. The van der Waals surface area contributed by atoms with E-state index in [0.29, 0.717) is 0 Å². The topological polar surface area (TPSA) is 16.4 Å². The SMILES string of the molecule is C=Cc1oc2c(N(c3ccc4c(c3)C(C)(C)c3cc(-c5cccc6c5sc5ccccc56)ccc3-4)c3cccc4ccccc34)cccc2c1/C=C\C. The maximum absolute atomic E-state index is 6.65. The molecular weight excluding hydrogens is 663 g/mol. The zero-order valence-electron chi connectivity index (χ0n) is 30.0. The first-order valence-electron chi connectivity index (χ1n) is 18.2. The minimum Gasteiger partial charge on any atom is -0.454 e. The van der Waals surface area contributed by atoms with Crippen molar-refractivity contribution in [2.45, 2.75) is 26.2 Å². The molecule has 53 heavy (non-hydrogen) atoms. The van der Waals surface area contributed by atoms with Crippen LogP contribution in [0.15, 0.2) is 157 Å². The van der Waals surface area contributed by atoms with E-state index in [-0.39, 0.29) is 5.41 Å². The fourth-order valence-corrected chi connectivity index (χ4v) is 9.86. The molecule has 254 valence electrons. The molecule has 0 fully saturated rings. The van der Waals surface area contributed by atoms with Crippen LogP contribution in [0.4, 0.5) is 17.1 Å². The van der Waals surface area contributed by atoms with E-state index in [4.69, 9.17) is 4.42 Å². The zero-order chi connectivity index (χ0) is 35.8. The Bertz CT molecular complexity index is 2970. The van der Waals surface area contributed by atoms with Crippen LogP contribution in [0.2, 0.25) is 0 Å². The molecule has 7 aromatic carbocycles. The van der Waals surface area contributed by atoms with Gasteiger partial charge in [0.25, 0.3) is 0 Å². The molecule has 0 saturated heterocycles. The van der Waals surface area contributed by atoms with Gasteiger partial charge in [-0.15, -0.1) is 11.3 Å². The molecule has 10 rings (SSSR count). The molecule has 0 aliphatic heterocycles. The third-order valence-corrected chi connectivity index (χ3v) is 12.4. The van der Waals surface area contributed by atoms with Crippen LogP contribution < -0.4 is 4.90 Å². The minimum absolute atomic E-state index is 0.221. The van der Waals surface area contributed by atoms with Crippen LogP contribution in [-0.2, 0) is 5.41 Å². The summed E-state index contributed by atoms with van der Waals surface area (Å²) in [5.41, 5.74) is 12.7. The molecule has 2 aromatic heterocycles. The second-order valence-corrected chi connectivity index (χ2v) is 15.5. The largest absolute Gasteiger partial charge is 0.454 e. The number of furan rings is 1. The third kappa shape index (κ3) is 4.70. The molecule has 0 atom stereocenters. The molecule has 0 amide bonds. The second kappa shape index (κ2) is 11.9. The number of thiophene rings is 1. The summed E-state index contributed by atoms with van der Waals surface area (Å²) in [6.07, 6.45) is 5.98. The highest BCUT2D eigenvalue weighted by Crippen LogP contribution is 2.53. The molecule has 0 bridgehead atoms. The van der Waals surface area contributed by atoms with Crippen molar-refractivity contribution in [3.05, 3.63) is 175 Å². The van der Waals surface area contributed by atoms with Crippen LogP contribution in [0.3, 0.4) is 0 Å². The summed E-state index contributed by atoms with van der Waals surface area (Å²) in [5, 5.41) is 6.10. The summed E-state index contributed by atoms with van der Waals surface area (Å²) in [4.78, 5) is 2.38. The van der Waals surface area contributed by atoms with Gasteiger partial charge in [-0.2, -0.15) is 0 Å². The van der Waals surface area contributed by atoms with E-state index >= 15 is 0 Å². The number of anilines is 3. The summed E-state index contributed by atoms with van der Waals surface area (Å²) in [6, 6.07) is 51.3. The molecule has 2 nitrogen and oxygen atoms in total. The first-order valence-corrected chi connectivity index (χ1v) is 19.1. The van der Waals surface area contributed by atoms with Crippen molar-refractivity contribution in [1.29, 1.82) is 0 Å². The van der Waals surface area contributed by atoms with Gasteiger partial charge in [-0.1, -0.05) is 136 Å². The molecule has 1 aliphatic carbocycles. The molecule has 0 saturated carbocycles. The summed E-state index contributed by atoms with van der Waals surface area (Å²) in [5.74, 6) is 0.774. The normalized spacial score (nSPS) is 13.3. The summed E-state index contributed by atoms with van der Waals surface area (Å²) < 4.78 is 9.32. The van der Waals surface area contributed by atoms with Crippen molar-refractivity contribution in [2.24, 2.45) is 0 Å². The van der Waals surface area contributed by atoms with Crippen molar-refractivity contribution in [1.82, 2.24) is 0 Å². The first kappa shape index (κ1) is 31.6. The van der Waals surface area contributed by atoms with Crippen LogP contribution in [0.1, 0.15) is 43.2 Å². The highest BCUT2D eigenvalue weighted by Gasteiger charge is 2.37. The molecule has 2 heterocycles. The number of allylic oxidation sites excluding steroid dienone is 1. The summed E-state index contributed by atoms with van der Waals surface area (Å²) in [7, 11) is 0. The van der Waals surface area contributed by atoms with Gasteiger partial charge in [0, 0.05) is 47.6 Å². The quantitative estimate of drug-likeness (QED) is 0.172. The Hall–Kier alpha value is -6.16. The lowest BCUT2D eigenvalue weighted by atomic mass is 9.81. The predicted octanol–water partition coefficient (Wildman–Crippen LogP) is 15.1. The van der Waals surface area contributed by atoms with Crippen LogP contribution >= 0.6 is 11.3 Å². The average molecular weight is 700 g/mol. The highest BCUT2D eigenvalue weighted by molar-refractivity contribution is 7.26. The van der Waals surface area contributed by atoms with Gasteiger partial charge < -0.3 is 9.32 Å². The van der Waals surface area contributed by atoms with Crippen LogP contribution in [-0.4, -0.2) is 0 Å². The fraction of sp³-hybridized carbons (Fsp3) is 0.0800. The first-order chi connectivity index (χ1) is 26.0. The van der Waals surface area contributed by atoms with Crippen LogP contribution in [0.25, 0.3) is 76.3 Å². The molecular formula is C50H37NOS. The number of rotatable bonds is 6. The van der Waals surface area contributed by atoms with Gasteiger partial charge in [0.2, 0.25) is 0 Å². The van der Waals surface area contributed by atoms with Gasteiger partial charge >= 0.3 is 0 Å². The average Bonchev–Trinajstić information content (AvgIpc) is 3.83. The van der Waals surface area contributed by atoms with Crippen LogP contribution in [0.5, 0.6) is 0 Å². The number of fused-ring (bicyclic) bond motifs is 8. The Kier molecular flexibility index (Phi) is 7.11. The molecule has 0 radical (unpaired) electrons. The summed E-state index contributed by atoms with van der Waals surface area (Å²) >= 11 is 1.89. The monoisotopic (exact) mass is 699 g/mol. The lowest BCUT2D eigenvalue weighted by Crippen LogP contribution is -2.17. The summed E-state index contributed by atoms with van der Waals surface area (Å²) in [6.45, 7) is 10.9. The third-order valence-electron chi connectivity index (χ3n) is 11.2. The van der Waals surface area contributed by atoms with Crippen LogP contribution in [0, 0.1) is 0 Å². The van der Waals surface area contributed by atoms with Gasteiger partial charge in [-0.05, 0) is 88.2 Å². The lowest BCUT2D eigenvalue weighted by molar-refractivity contribution is 0.604. The number of para-hydroxylation sites is 1. The van der Waals surface area contributed by atoms with E-state index in [0.717, 1.165) is 39.4 Å². The maximum Gasteiger partial charge on any atom is 0.159 e. The zero-order valence-corrected chi connectivity index (χ0v) is 30.8. The standard InChI is InChI=1S/C50H37NOS/c1-5-14-38-40-20-13-23-45(48(40)52-46(38)6-2)51(44-22-11-16-31-15-7-8-17-34(31)44)33-26-28-37-36-27-25-32(29-42(36)50(3,4)43(37)30-33)35-19-12-21-41-39-18-9-10-24-47(39)53-49(35)41/h5-30H,2H2,1,3-4H3/b14-5-. The van der Waals surface area contributed by atoms with Crippen molar-refractivity contribution in [2.75, 3.05) is 4.90 Å². The predicted molar refractivity (Wildman–Crippen MR) is 229 cm³/mol. The van der Waals surface area contributed by atoms with E-state index in [9.17, 15) is 0 Å². The molecule has 3 heteroatoms. The Morgan fingerprint density at radius 2 is 1.32 bits per heavy atom. The van der Waals surface area contributed by atoms with E-state index in [1.165, 1.54) is 64.3 Å². The maximum atomic E-state index is 6.65. The Morgan fingerprint density at radius 1 is 0.642 bits per heavy atom. The Morgan fingerprint density at radius 3 is 2.17 bits per heavy atom. The fourth-order valence-electron chi connectivity index (χ4n) is 8.63. The number of benzene rings is 7. The second-order valence-electron chi connectivity index (χ2n) is 14.5.